The van der Waals surface area contributed by atoms with Crippen LogP contribution >= 0.6 is 11.3 Å². The van der Waals surface area contributed by atoms with E-state index in [4.69, 9.17) is 19.0 Å². The van der Waals surface area contributed by atoms with Crippen molar-refractivity contribution in [3.8, 4) is 5.75 Å². The highest BCUT2D eigenvalue weighted by Crippen LogP contribution is 2.42. The molecule has 56 heavy (non-hydrogen) atoms. The number of rotatable bonds is 14. The molecule has 3 aromatic carbocycles. The summed E-state index contributed by atoms with van der Waals surface area (Å²) in [4.78, 5) is 76.7. The van der Waals surface area contributed by atoms with Gasteiger partial charge in [-0.3, -0.25) is 23.5 Å². The van der Waals surface area contributed by atoms with E-state index in [2.05, 4.69) is 20.8 Å². The zero-order valence-corrected chi connectivity index (χ0v) is 32.3. The summed E-state index contributed by atoms with van der Waals surface area (Å²) in [6.07, 6.45) is 0.894. The Morgan fingerprint density at radius 3 is 2.36 bits per heavy atom. The van der Waals surface area contributed by atoms with Crippen LogP contribution in [-0.2, 0) is 49.1 Å². The predicted octanol–water partition coefficient (Wildman–Crippen LogP) is 4.12. The Bertz CT molecular complexity index is 2180. The van der Waals surface area contributed by atoms with Gasteiger partial charge in [-0.1, -0.05) is 78.0 Å². The third kappa shape index (κ3) is 8.68. The second-order valence-electron chi connectivity index (χ2n) is 13.5. The molecule has 0 radical (unpaired) electrons. The van der Waals surface area contributed by atoms with Crippen LogP contribution in [0.25, 0.3) is 0 Å². The molecule has 2 aliphatic heterocycles. The van der Waals surface area contributed by atoms with E-state index >= 15 is 0 Å². The largest absolute Gasteiger partial charge is 0.457 e. The fourth-order valence-corrected chi connectivity index (χ4v) is 8.06. The first kappa shape index (κ1) is 39.5. The summed E-state index contributed by atoms with van der Waals surface area (Å²) in [5, 5.41) is 8.88. The zero-order chi connectivity index (χ0) is 40.0. The molecule has 2 aliphatic rings. The van der Waals surface area contributed by atoms with Gasteiger partial charge in [0, 0.05) is 11.1 Å². The van der Waals surface area contributed by atoms with Crippen molar-refractivity contribution in [3.63, 3.8) is 0 Å². The molecule has 1 saturated heterocycles. The number of hydrogen-bond acceptors (Lipinski definition) is 13. The molecular formula is C39H37N5O10S2. The number of thiazole rings is 1. The highest BCUT2D eigenvalue weighted by molar-refractivity contribution is 7.86. The lowest BCUT2D eigenvalue weighted by Crippen LogP contribution is -2.84. The first-order valence-corrected chi connectivity index (χ1v) is 19.4. The fourth-order valence-electron chi connectivity index (χ4n) is 5.88. The first-order valence-electron chi connectivity index (χ1n) is 17.2. The van der Waals surface area contributed by atoms with E-state index in [9.17, 15) is 28.2 Å². The van der Waals surface area contributed by atoms with Crippen LogP contribution in [0.5, 0.6) is 5.75 Å². The number of carbonyl (C=O) groups is 5. The van der Waals surface area contributed by atoms with Crippen LogP contribution in [0.4, 0.5) is 5.13 Å². The summed E-state index contributed by atoms with van der Waals surface area (Å²) in [5.41, 5.74) is -1.87. The number of anilines is 1. The van der Waals surface area contributed by atoms with Crippen molar-refractivity contribution in [2.75, 3.05) is 17.7 Å². The number of ether oxygens (including phenoxy) is 3. The average Bonchev–Trinajstić information content (AvgIpc) is 3.63. The average molecular weight is 800 g/mol. The number of esters is 2. The molecule has 3 atom stereocenters. The lowest BCUT2D eigenvalue weighted by atomic mass is 9.98. The van der Waals surface area contributed by atoms with E-state index in [-0.39, 0.29) is 28.0 Å². The predicted molar refractivity (Wildman–Crippen MR) is 205 cm³/mol. The quantitative estimate of drug-likeness (QED) is 0.0466. The standard InChI is InChI=1S/C39H37N5O10S2/c1-24-12-11-17-27(20-24)53-39(42-33(47)31(28-22-55-37(41-28)40-23-45)43-51-21-30(46)54-38(2,3)4)35(49)44-29(18-19-56(50)36(39)44)34(48)52-32(25-13-7-5-8-14-25)26-15-9-6-10-16-26/h5-18,20,22-23,32,36H,19,21H2,1-4H3,(H,42,47)(H,40,41,45)/t36-,39?,56?/m0/s1. The molecular weight excluding hydrogens is 763 g/mol. The van der Waals surface area contributed by atoms with Crippen LogP contribution in [0.2, 0.25) is 0 Å². The number of aryl methyl sites for hydroxylation is 1. The number of nitrogens with zero attached hydrogens (tertiary/aromatic N) is 3. The molecule has 4 aromatic rings. The van der Waals surface area contributed by atoms with E-state index in [1.807, 2.05) is 36.4 Å². The van der Waals surface area contributed by atoms with Crippen LogP contribution in [0, 0.1) is 6.92 Å². The van der Waals surface area contributed by atoms with Crippen molar-refractivity contribution in [2.45, 2.75) is 50.5 Å². The third-order valence-electron chi connectivity index (χ3n) is 8.18. The summed E-state index contributed by atoms with van der Waals surface area (Å²) in [6, 6.07) is 24.7. The summed E-state index contributed by atoms with van der Waals surface area (Å²) >= 11 is 0.958. The Hall–Kier alpha value is -6.20. The molecule has 0 aliphatic carbocycles. The Morgan fingerprint density at radius 2 is 1.73 bits per heavy atom. The van der Waals surface area contributed by atoms with Crippen LogP contribution in [0.15, 0.2) is 107 Å². The Balaban J connectivity index is 1.34. The smallest absolute Gasteiger partial charge is 0.355 e. The minimum atomic E-state index is -2.35. The van der Waals surface area contributed by atoms with E-state index in [0.29, 0.717) is 17.5 Å². The first-order chi connectivity index (χ1) is 26.8. The number of hydrogen-bond donors (Lipinski definition) is 2. The molecule has 6 rings (SSSR count). The maximum atomic E-state index is 14.5. The topological polar surface area (TPSA) is 192 Å². The van der Waals surface area contributed by atoms with Gasteiger partial charge in [0.05, 0.1) is 10.8 Å². The summed E-state index contributed by atoms with van der Waals surface area (Å²) in [7, 11) is -1.93. The lowest BCUT2D eigenvalue weighted by molar-refractivity contribution is -0.181. The maximum Gasteiger partial charge on any atom is 0.355 e. The minimum Gasteiger partial charge on any atom is -0.457 e. The van der Waals surface area contributed by atoms with Crippen molar-refractivity contribution in [1.29, 1.82) is 0 Å². The van der Waals surface area contributed by atoms with Crippen molar-refractivity contribution < 1.29 is 47.2 Å². The van der Waals surface area contributed by atoms with Gasteiger partial charge < -0.3 is 29.7 Å². The van der Waals surface area contributed by atoms with Gasteiger partial charge in [-0.25, -0.2) is 14.6 Å². The number of aromatic nitrogens is 1. The van der Waals surface area contributed by atoms with Crippen LogP contribution in [-0.4, -0.2) is 79.0 Å². The van der Waals surface area contributed by atoms with Gasteiger partial charge in [0.15, 0.2) is 22.3 Å². The van der Waals surface area contributed by atoms with Crippen LogP contribution in [0.1, 0.15) is 49.3 Å². The number of carbonyl (C=O) groups excluding carboxylic acids is 5. The van der Waals surface area contributed by atoms with Gasteiger partial charge in [-0.05, 0) is 62.6 Å². The molecule has 15 nitrogen and oxygen atoms in total. The van der Waals surface area contributed by atoms with Gasteiger partial charge >= 0.3 is 11.9 Å². The van der Waals surface area contributed by atoms with Gasteiger partial charge in [0.2, 0.25) is 13.0 Å². The molecule has 3 amide bonds. The molecule has 290 valence electrons. The van der Waals surface area contributed by atoms with E-state index in [0.717, 1.165) is 21.8 Å². The minimum absolute atomic E-state index is 0.0998. The molecule has 1 aromatic heterocycles. The molecule has 1 fully saturated rings. The molecule has 3 heterocycles. The van der Waals surface area contributed by atoms with Gasteiger partial charge in [0.1, 0.15) is 22.7 Å². The fraction of sp³-hybridized carbons (Fsp3) is 0.256. The molecule has 17 heteroatoms. The molecule has 0 saturated carbocycles. The zero-order valence-electron chi connectivity index (χ0n) is 30.6. The van der Waals surface area contributed by atoms with E-state index < -0.39 is 69.7 Å². The van der Waals surface area contributed by atoms with Crippen molar-refractivity contribution in [1.82, 2.24) is 15.2 Å². The highest BCUT2D eigenvalue weighted by atomic mass is 32.2. The number of amides is 3. The van der Waals surface area contributed by atoms with E-state index in [1.165, 1.54) is 11.5 Å². The second kappa shape index (κ2) is 16.7. The number of β-lactam (4-membered cyclic amide) rings is 1. The summed E-state index contributed by atoms with van der Waals surface area (Å²) in [5.74, 6) is -3.71. The highest BCUT2D eigenvalue weighted by Gasteiger charge is 2.70. The number of nitrogens with one attached hydrogen (secondary N) is 2. The Morgan fingerprint density at radius 1 is 1.05 bits per heavy atom. The van der Waals surface area contributed by atoms with Gasteiger partial charge in [-0.15, -0.1) is 11.3 Å². The summed E-state index contributed by atoms with van der Waals surface area (Å²) in [6.45, 7) is 6.09. The second-order valence-corrected chi connectivity index (χ2v) is 15.9. The Kier molecular flexibility index (Phi) is 11.8. The molecule has 2 unspecified atom stereocenters. The molecule has 0 bridgehead atoms. The van der Waals surface area contributed by atoms with Crippen molar-refractivity contribution in [3.05, 3.63) is 124 Å². The third-order valence-corrected chi connectivity index (χ3v) is 10.5. The SMILES string of the molecule is Cc1cccc(OC2(NC(=O)C(=NOCC(=O)OC(C)(C)C)c3csc(NC=O)n3)C(=O)N3C(C(=O)OC(c4ccccc4)c4ccccc4)=CCS(=O)[C@H]32)c1. The monoisotopic (exact) mass is 799 g/mol. The van der Waals surface area contributed by atoms with E-state index in [1.54, 1.807) is 76.2 Å². The molecule has 2 N–H and O–H groups in total. The number of fused-ring (bicyclic) bond motifs is 1. The van der Waals surface area contributed by atoms with Crippen LogP contribution < -0.4 is 15.4 Å². The lowest BCUT2D eigenvalue weighted by Gasteiger charge is -2.54. The number of benzene rings is 3. The van der Waals surface area contributed by atoms with Crippen molar-refractivity contribution in [2.24, 2.45) is 5.16 Å². The van der Waals surface area contributed by atoms with Crippen LogP contribution in [0.3, 0.4) is 0 Å². The Labute approximate surface area is 328 Å². The maximum absolute atomic E-state index is 14.5. The van der Waals surface area contributed by atoms with Crippen molar-refractivity contribution >= 4 is 63.1 Å². The van der Waals surface area contributed by atoms with Gasteiger partial charge in [0.25, 0.3) is 17.5 Å². The summed E-state index contributed by atoms with van der Waals surface area (Å²) < 4.78 is 31.5. The molecule has 0 spiro atoms. The van der Waals surface area contributed by atoms with Gasteiger partial charge in [-0.2, -0.15) is 0 Å². The normalized spacial score (nSPS) is 19.2. The number of oxime groups is 1.